The molecule has 1 aromatic rings. The summed E-state index contributed by atoms with van der Waals surface area (Å²) in [7, 11) is 0. The Kier molecular flexibility index (Phi) is 2.50. The zero-order valence-electron chi connectivity index (χ0n) is 6.81. The van der Waals surface area contributed by atoms with Crippen LogP contribution in [0.25, 0.3) is 0 Å². The van der Waals surface area contributed by atoms with Gasteiger partial charge in [-0.25, -0.2) is 0 Å². The van der Waals surface area contributed by atoms with Gasteiger partial charge in [-0.05, 0) is 53.2 Å². The molecule has 0 radical (unpaired) electrons. The fourth-order valence-corrected chi connectivity index (χ4v) is 3.68. The lowest BCUT2D eigenvalue weighted by Gasteiger charge is -2.05. The van der Waals surface area contributed by atoms with E-state index in [1.807, 2.05) is 0 Å². The Balaban J connectivity index is 2.25. The smallest absolute Gasteiger partial charge is 0.0704 e. The molecule has 0 N–H and O–H groups in total. The predicted molar refractivity (Wildman–Crippen MR) is 58.1 cm³/mol. The third-order valence-electron chi connectivity index (χ3n) is 2.26. The lowest BCUT2D eigenvalue weighted by atomic mass is 10.1. The molecular weight excluding hydrogens is 256 g/mol. The number of thiophene rings is 1. The number of alkyl halides is 1. The highest BCUT2D eigenvalue weighted by atomic mass is 79.9. The Morgan fingerprint density at radius 1 is 1.67 bits per heavy atom. The molecule has 0 nitrogen and oxygen atoms in total. The van der Waals surface area contributed by atoms with Crippen LogP contribution in [-0.2, 0) is 0 Å². The minimum Gasteiger partial charge on any atom is -0.133 e. The summed E-state index contributed by atoms with van der Waals surface area (Å²) >= 11 is 11.6. The summed E-state index contributed by atoms with van der Waals surface area (Å²) in [4.78, 5) is 1.36. The first-order valence-electron chi connectivity index (χ1n) is 4.08. The van der Waals surface area contributed by atoms with Crippen molar-refractivity contribution in [2.75, 3.05) is 0 Å². The van der Waals surface area contributed by atoms with Crippen LogP contribution in [0.1, 0.15) is 28.7 Å². The standard InChI is InChI=1S/C9H10BrClS/c1-5-7(4-8(10)12-5)9(11)6-2-3-6/h4,6,9H,2-3H2,1H3. The topological polar surface area (TPSA) is 0 Å². The van der Waals surface area contributed by atoms with Crippen LogP contribution in [-0.4, -0.2) is 0 Å². The largest absolute Gasteiger partial charge is 0.133 e. The minimum absolute atomic E-state index is 0.257. The van der Waals surface area contributed by atoms with Gasteiger partial charge in [0.05, 0.1) is 9.16 Å². The van der Waals surface area contributed by atoms with Crippen molar-refractivity contribution in [1.82, 2.24) is 0 Å². The van der Waals surface area contributed by atoms with Crippen LogP contribution in [0.4, 0.5) is 0 Å². The Morgan fingerprint density at radius 2 is 2.33 bits per heavy atom. The Hall–Kier alpha value is 0.470. The van der Waals surface area contributed by atoms with E-state index in [0.717, 1.165) is 5.92 Å². The van der Waals surface area contributed by atoms with Gasteiger partial charge >= 0.3 is 0 Å². The molecule has 0 amide bonds. The first kappa shape index (κ1) is 9.04. The molecule has 0 bridgehead atoms. The molecule has 3 heteroatoms. The molecule has 1 heterocycles. The molecule has 1 atom stereocenters. The SMILES string of the molecule is Cc1sc(Br)cc1C(Cl)C1CC1. The van der Waals surface area contributed by atoms with Gasteiger partial charge in [-0.1, -0.05) is 0 Å². The van der Waals surface area contributed by atoms with E-state index in [1.165, 1.54) is 27.1 Å². The second kappa shape index (κ2) is 3.32. The van der Waals surface area contributed by atoms with Crippen LogP contribution < -0.4 is 0 Å². The van der Waals surface area contributed by atoms with E-state index < -0.39 is 0 Å². The number of hydrogen-bond acceptors (Lipinski definition) is 1. The molecule has 1 aromatic heterocycles. The van der Waals surface area contributed by atoms with Crippen molar-refractivity contribution in [3.8, 4) is 0 Å². The van der Waals surface area contributed by atoms with E-state index in [-0.39, 0.29) is 5.38 Å². The predicted octanol–water partition coefficient (Wildman–Crippen LogP) is 4.51. The van der Waals surface area contributed by atoms with Crippen LogP contribution in [0.5, 0.6) is 0 Å². The molecular formula is C9H10BrClS. The molecule has 0 saturated heterocycles. The Bertz CT molecular complexity index is 291. The van der Waals surface area contributed by atoms with E-state index in [9.17, 15) is 0 Å². The summed E-state index contributed by atoms with van der Waals surface area (Å²) in [5.41, 5.74) is 1.33. The lowest BCUT2D eigenvalue weighted by Crippen LogP contribution is -1.91. The van der Waals surface area contributed by atoms with E-state index in [0.29, 0.717) is 0 Å². The Labute approximate surface area is 90.1 Å². The number of hydrogen-bond donors (Lipinski definition) is 0. The molecule has 1 aliphatic carbocycles. The molecule has 2 rings (SSSR count). The van der Waals surface area contributed by atoms with Gasteiger partial charge in [0.25, 0.3) is 0 Å². The molecule has 1 saturated carbocycles. The highest BCUT2D eigenvalue weighted by Crippen LogP contribution is 2.47. The quantitative estimate of drug-likeness (QED) is 0.690. The maximum absolute atomic E-state index is 6.31. The van der Waals surface area contributed by atoms with Crippen molar-refractivity contribution >= 4 is 38.9 Å². The second-order valence-electron chi connectivity index (χ2n) is 3.30. The van der Waals surface area contributed by atoms with Crippen LogP contribution in [0.2, 0.25) is 0 Å². The summed E-state index contributed by atoms with van der Waals surface area (Å²) in [6.45, 7) is 2.14. The average molecular weight is 266 g/mol. The number of aryl methyl sites for hydroxylation is 1. The molecule has 1 unspecified atom stereocenters. The maximum atomic E-state index is 6.31. The van der Waals surface area contributed by atoms with Crippen molar-refractivity contribution < 1.29 is 0 Å². The van der Waals surface area contributed by atoms with E-state index in [4.69, 9.17) is 11.6 Å². The fraction of sp³-hybridized carbons (Fsp3) is 0.556. The fourth-order valence-electron chi connectivity index (χ4n) is 1.38. The van der Waals surface area contributed by atoms with E-state index in [1.54, 1.807) is 11.3 Å². The van der Waals surface area contributed by atoms with Gasteiger partial charge < -0.3 is 0 Å². The molecule has 12 heavy (non-hydrogen) atoms. The van der Waals surface area contributed by atoms with Gasteiger partial charge in [-0.2, -0.15) is 0 Å². The average Bonchev–Trinajstić information content (AvgIpc) is 2.77. The van der Waals surface area contributed by atoms with Crippen molar-refractivity contribution in [3.05, 3.63) is 20.3 Å². The molecule has 0 aromatic carbocycles. The van der Waals surface area contributed by atoms with E-state index in [2.05, 4.69) is 28.9 Å². The molecule has 66 valence electrons. The zero-order chi connectivity index (χ0) is 8.72. The van der Waals surface area contributed by atoms with Gasteiger partial charge in [0.15, 0.2) is 0 Å². The van der Waals surface area contributed by atoms with Crippen LogP contribution in [0.15, 0.2) is 9.85 Å². The maximum Gasteiger partial charge on any atom is 0.0704 e. The number of halogens is 2. The zero-order valence-corrected chi connectivity index (χ0v) is 9.97. The second-order valence-corrected chi connectivity index (χ2v) is 6.41. The third-order valence-corrected chi connectivity index (χ3v) is 4.42. The lowest BCUT2D eigenvalue weighted by molar-refractivity contribution is 0.796. The molecule has 1 fully saturated rings. The monoisotopic (exact) mass is 264 g/mol. The van der Waals surface area contributed by atoms with Gasteiger partial charge in [0.2, 0.25) is 0 Å². The highest BCUT2D eigenvalue weighted by Gasteiger charge is 2.32. The van der Waals surface area contributed by atoms with Crippen molar-refractivity contribution in [2.24, 2.45) is 5.92 Å². The summed E-state index contributed by atoms with van der Waals surface area (Å²) in [5.74, 6) is 0.742. The van der Waals surface area contributed by atoms with Gasteiger partial charge in [0.1, 0.15) is 0 Å². The first-order valence-corrected chi connectivity index (χ1v) is 6.13. The van der Waals surface area contributed by atoms with Gasteiger partial charge in [0, 0.05) is 4.88 Å². The minimum atomic E-state index is 0.257. The highest BCUT2D eigenvalue weighted by molar-refractivity contribution is 9.11. The summed E-state index contributed by atoms with van der Waals surface area (Å²) in [6, 6.07) is 2.16. The van der Waals surface area contributed by atoms with Crippen LogP contribution in [0.3, 0.4) is 0 Å². The first-order chi connectivity index (χ1) is 5.68. The normalized spacial score (nSPS) is 19.6. The van der Waals surface area contributed by atoms with Crippen LogP contribution in [0, 0.1) is 12.8 Å². The van der Waals surface area contributed by atoms with Crippen molar-refractivity contribution in [3.63, 3.8) is 0 Å². The van der Waals surface area contributed by atoms with E-state index >= 15 is 0 Å². The molecule has 0 aliphatic heterocycles. The molecule has 0 spiro atoms. The summed E-state index contributed by atoms with van der Waals surface area (Å²) < 4.78 is 1.20. The van der Waals surface area contributed by atoms with Crippen molar-refractivity contribution in [2.45, 2.75) is 25.1 Å². The summed E-state index contributed by atoms with van der Waals surface area (Å²) in [5, 5.41) is 0.257. The number of rotatable bonds is 2. The van der Waals surface area contributed by atoms with Crippen molar-refractivity contribution in [1.29, 1.82) is 0 Å². The van der Waals surface area contributed by atoms with Gasteiger partial charge in [-0.15, -0.1) is 22.9 Å². The molecule has 1 aliphatic rings. The van der Waals surface area contributed by atoms with Gasteiger partial charge in [-0.3, -0.25) is 0 Å². The summed E-state index contributed by atoms with van der Waals surface area (Å²) in [6.07, 6.45) is 2.61. The Morgan fingerprint density at radius 3 is 2.75 bits per heavy atom. The third kappa shape index (κ3) is 1.70. The van der Waals surface area contributed by atoms with Crippen LogP contribution >= 0.6 is 38.9 Å².